The summed E-state index contributed by atoms with van der Waals surface area (Å²) in [6.07, 6.45) is 3.58. The minimum absolute atomic E-state index is 0.00567. The summed E-state index contributed by atoms with van der Waals surface area (Å²) in [7, 11) is 2.62. The van der Waals surface area contributed by atoms with Gasteiger partial charge in [0.05, 0.1) is 0 Å². The maximum absolute atomic E-state index is 12.9. The van der Waals surface area contributed by atoms with Crippen LogP contribution in [0.5, 0.6) is 0 Å². The maximum atomic E-state index is 12.9. The van der Waals surface area contributed by atoms with Gasteiger partial charge in [-0.05, 0) is 33.8 Å². The van der Waals surface area contributed by atoms with Crippen molar-refractivity contribution in [3.63, 3.8) is 0 Å². The summed E-state index contributed by atoms with van der Waals surface area (Å²) in [5.74, 6) is 0.00567. The van der Waals surface area contributed by atoms with Crippen molar-refractivity contribution in [1.29, 1.82) is 0 Å². The van der Waals surface area contributed by atoms with Gasteiger partial charge in [-0.3, -0.25) is 4.79 Å². The number of hydrogen-bond donors (Lipinski definition) is 1. The number of carbonyl (C=O) groups excluding carboxylic acids is 1. The normalized spacial score (nSPS) is 11.0. The van der Waals surface area contributed by atoms with Crippen LogP contribution in [0.25, 0.3) is 22.2 Å². The maximum Gasteiger partial charge on any atom is 0.195 e. The fourth-order valence-corrected chi connectivity index (χ4v) is 3.63. The van der Waals surface area contributed by atoms with E-state index in [2.05, 4.69) is 30.7 Å². The molecule has 112 valence electrons. The van der Waals surface area contributed by atoms with Crippen molar-refractivity contribution in [2.24, 2.45) is 0 Å². The third-order valence-corrected chi connectivity index (χ3v) is 5.02. The number of aromatic nitrogens is 2. The second-order valence-corrected chi connectivity index (χ2v) is 6.65. The van der Waals surface area contributed by atoms with E-state index in [1.807, 2.05) is 41.9 Å². The first-order valence-electron chi connectivity index (χ1n) is 7.13. The van der Waals surface area contributed by atoms with Crippen molar-refractivity contribution in [2.45, 2.75) is 0 Å². The Hall–Kier alpha value is -2.29. The topological polar surface area (TPSA) is 45.8 Å². The molecule has 0 saturated carbocycles. The van der Waals surface area contributed by atoms with Gasteiger partial charge in [0.25, 0.3) is 0 Å². The fraction of sp³-hybridized carbons (Fsp3) is 0. The lowest BCUT2D eigenvalue weighted by Gasteiger charge is -2.04. The number of nitrogens with zero attached hydrogens (tertiary/aromatic N) is 1. The molecular formula is C18H13N2OPS. The number of rotatable bonds is 3. The Balaban J connectivity index is 1.86. The molecule has 1 N–H and O–H groups in total. The van der Waals surface area contributed by atoms with Crippen LogP contribution in [0.4, 0.5) is 0 Å². The molecule has 0 saturated heterocycles. The van der Waals surface area contributed by atoms with E-state index >= 15 is 0 Å². The highest BCUT2D eigenvalue weighted by Gasteiger charge is 2.17. The van der Waals surface area contributed by atoms with Crippen molar-refractivity contribution < 1.29 is 4.79 Å². The zero-order valence-corrected chi connectivity index (χ0v) is 14.1. The van der Waals surface area contributed by atoms with E-state index in [-0.39, 0.29) is 5.78 Å². The minimum Gasteiger partial charge on any atom is -0.345 e. The molecule has 4 rings (SSSR count). The molecule has 23 heavy (non-hydrogen) atoms. The van der Waals surface area contributed by atoms with E-state index in [0.717, 1.165) is 27.5 Å². The smallest absolute Gasteiger partial charge is 0.195 e. The average molecular weight is 336 g/mol. The van der Waals surface area contributed by atoms with Gasteiger partial charge < -0.3 is 4.98 Å². The van der Waals surface area contributed by atoms with E-state index in [0.29, 0.717) is 11.1 Å². The zero-order valence-electron chi connectivity index (χ0n) is 12.1. The number of carbonyl (C=O) groups is 1. The van der Waals surface area contributed by atoms with E-state index in [4.69, 9.17) is 0 Å². The summed E-state index contributed by atoms with van der Waals surface area (Å²) >= 11 is 1.65. The SMILES string of the molecule is O=C(c1ccccc1P)c1c[nH]c2ncc(-c3ccsc3)cc12. The van der Waals surface area contributed by atoms with Crippen molar-refractivity contribution >= 4 is 42.7 Å². The number of H-pyrrole nitrogens is 1. The monoisotopic (exact) mass is 336 g/mol. The Labute approximate surface area is 139 Å². The fourth-order valence-electron chi connectivity index (χ4n) is 2.63. The van der Waals surface area contributed by atoms with Crippen LogP contribution in [0, 0.1) is 0 Å². The molecule has 0 bridgehead atoms. The number of fused-ring (bicyclic) bond motifs is 1. The molecule has 0 fully saturated rings. The molecule has 3 heterocycles. The van der Waals surface area contributed by atoms with Crippen molar-refractivity contribution in [1.82, 2.24) is 9.97 Å². The van der Waals surface area contributed by atoms with Crippen molar-refractivity contribution in [2.75, 3.05) is 0 Å². The lowest BCUT2D eigenvalue weighted by molar-refractivity contribution is 0.104. The van der Waals surface area contributed by atoms with Gasteiger partial charge in [0, 0.05) is 34.5 Å². The van der Waals surface area contributed by atoms with Crippen LogP contribution in [-0.4, -0.2) is 15.8 Å². The lowest BCUT2D eigenvalue weighted by Crippen LogP contribution is -2.10. The molecule has 1 atom stereocenters. The Bertz CT molecular complexity index is 1000. The van der Waals surface area contributed by atoms with Crippen molar-refractivity contribution in [3.05, 3.63) is 70.7 Å². The van der Waals surface area contributed by atoms with Gasteiger partial charge in [0.2, 0.25) is 0 Å². The molecule has 0 aliphatic carbocycles. The molecule has 0 spiro atoms. The molecule has 0 radical (unpaired) electrons. The minimum atomic E-state index is 0.00567. The first kappa shape index (κ1) is 14.3. The molecule has 0 amide bonds. The summed E-state index contributed by atoms with van der Waals surface area (Å²) in [5, 5.41) is 5.86. The number of aromatic amines is 1. The summed E-state index contributed by atoms with van der Waals surface area (Å²) in [5.41, 5.74) is 4.22. The third kappa shape index (κ3) is 2.50. The first-order valence-corrected chi connectivity index (χ1v) is 8.65. The summed E-state index contributed by atoms with van der Waals surface area (Å²) in [4.78, 5) is 20.4. The number of nitrogens with one attached hydrogen (secondary N) is 1. The molecular weight excluding hydrogens is 323 g/mol. The average Bonchev–Trinajstić information content (AvgIpc) is 3.24. The van der Waals surface area contributed by atoms with Crippen LogP contribution in [0.1, 0.15) is 15.9 Å². The molecule has 1 aromatic carbocycles. The van der Waals surface area contributed by atoms with Gasteiger partial charge >= 0.3 is 0 Å². The van der Waals surface area contributed by atoms with Gasteiger partial charge in [0.1, 0.15) is 5.65 Å². The van der Waals surface area contributed by atoms with Crippen LogP contribution in [0.15, 0.2) is 59.6 Å². The Morgan fingerprint density at radius 2 is 2.00 bits per heavy atom. The van der Waals surface area contributed by atoms with Gasteiger partial charge in [-0.15, -0.1) is 9.24 Å². The second-order valence-electron chi connectivity index (χ2n) is 5.25. The van der Waals surface area contributed by atoms with E-state index < -0.39 is 0 Å². The van der Waals surface area contributed by atoms with Gasteiger partial charge in [0.15, 0.2) is 5.78 Å². The number of benzene rings is 1. The first-order chi connectivity index (χ1) is 11.2. The standard InChI is InChI=1S/C18H13N2OPS/c21-17(13-3-1-2-4-16(13)22)15-9-20-18-14(15)7-12(8-19-18)11-5-6-23-10-11/h1-10H,22H2,(H,19,20). The van der Waals surface area contributed by atoms with E-state index in [9.17, 15) is 4.79 Å². The summed E-state index contributed by atoms with van der Waals surface area (Å²) < 4.78 is 0. The number of thiophene rings is 1. The second kappa shape index (κ2) is 5.73. The number of ketones is 1. The molecule has 3 nitrogen and oxygen atoms in total. The highest BCUT2D eigenvalue weighted by molar-refractivity contribution is 7.27. The van der Waals surface area contributed by atoms with Crippen LogP contribution in [0.3, 0.4) is 0 Å². The van der Waals surface area contributed by atoms with Crippen molar-refractivity contribution in [3.8, 4) is 11.1 Å². The van der Waals surface area contributed by atoms with Crippen LogP contribution in [-0.2, 0) is 0 Å². The van der Waals surface area contributed by atoms with Crippen LogP contribution < -0.4 is 5.30 Å². The molecule has 0 aliphatic rings. The lowest BCUT2D eigenvalue weighted by atomic mass is 10.0. The Morgan fingerprint density at radius 3 is 2.78 bits per heavy atom. The number of hydrogen-bond acceptors (Lipinski definition) is 3. The molecule has 4 aromatic rings. The predicted octanol–water partition coefficient (Wildman–Crippen LogP) is 4.02. The third-order valence-electron chi connectivity index (χ3n) is 3.84. The molecule has 5 heteroatoms. The van der Waals surface area contributed by atoms with Gasteiger partial charge in [-0.25, -0.2) is 4.98 Å². The highest BCUT2D eigenvalue weighted by atomic mass is 32.1. The van der Waals surface area contributed by atoms with E-state index in [1.54, 1.807) is 17.5 Å². The molecule has 1 unspecified atom stereocenters. The van der Waals surface area contributed by atoms with Gasteiger partial charge in [-0.1, -0.05) is 24.3 Å². The molecule has 0 aliphatic heterocycles. The highest BCUT2D eigenvalue weighted by Crippen LogP contribution is 2.27. The van der Waals surface area contributed by atoms with Crippen LogP contribution in [0.2, 0.25) is 0 Å². The van der Waals surface area contributed by atoms with Gasteiger partial charge in [-0.2, -0.15) is 11.3 Å². The summed E-state index contributed by atoms with van der Waals surface area (Å²) in [6.45, 7) is 0. The predicted molar refractivity (Wildman–Crippen MR) is 98.6 cm³/mol. The summed E-state index contributed by atoms with van der Waals surface area (Å²) in [6, 6.07) is 11.6. The largest absolute Gasteiger partial charge is 0.345 e. The molecule has 3 aromatic heterocycles. The Morgan fingerprint density at radius 1 is 1.13 bits per heavy atom. The Kier molecular flexibility index (Phi) is 3.56. The quantitative estimate of drug-likeness (QED) is 0.454. The number of pyridine rings is 1. The zero-order chi connectivity index (χ0) is 15.8. The van der Waals surface area contributed by atoms with E-state index in [1.165, 1.54) is 0 Å². The van der Waals surface area contributed by atoms with Crippen LogP contribution >= 0.6 is 20.6 Å².